The number of urea groups is 4. The Hall–Kier alpha value is -13.0. The molecule has 0 fully saturated rings. The normalized spacial score (nSPS) is 11.4. The smallest absolute Gasteiger partial charge is 0.333 e. The van der Waals surface area contributed by atoms with Gasteiger partial charge < -0.3 is 31.3 Å². The number of anilines is 5. The summed E-state index contributed by atoms with van der Waals surface area (Å²) >= 11 is 32.2. The lowest BCUT2D eigenvalue weighted by Gasteiger charge is -2.10. The fourth-order valence-corrected chi connectivity index (χ4v) is 21.1. The fraction of sp³-hybridized carbons (Fsp3) is 0.0256. The lowest BCUT2D eigenvalue weighted by atomic mass is 10.1. The number of nitrogens with one attached hydrogen (secondary N) is 9. The summed E-state index contributed by atoms with van der Waals surface area (Å²) in [6.45, 7) is 0. The molecule has 16 aromatic rings. The van der Waals surface area contributed by atoms with E-state index < -0.39 is 64.2 Å². The zero-order valence-electron chi connectivity index (χ0n) is 63.3. The molecule has 0 radical (unpaired) electrons. The Morgan fingerprint density at radius 2 is 0.616 bits per heavy atom. The van der Waals surface area contributed by atoms with Gasteiger partial charge in [0, 0.05) is 64.1 Å². The van der Waals surface area contributed by atoms with Gasteiger partial charge in [-0.3, -0.25) is 37.4 Å². The number of thiophene rings is 4. The van der Waals surface area contributed by atoms with Crippen LogP contribution in [0.1, 0.15) is 0 Å². The van der Waals surface area contributed by atoms with Crippen LogP contribution in [0.15, 0.2) is 286 Å². The molecule has 47 heteroatoms. The average Bonchev–Trinajstić information content (AvgIpc) is 1.68. The highest BCUT2D eigenvalue weighted by Crippen LogP contribution is 2.31. The molecule has 0 aliphatic carbocycles. The first-order valence-electron chi connectivity index (χ1n) is 35.3. The van der Waals surface area contributed by atoms with Gasteiger partial charge in [0.05, 0.1) is 72.0 Å². The predicted molar refractivity (Wildman–Crippen MR) is 485 cm³/mol. The van der Waals surface area contributed by atoms with Crippen molar-refractivity contribution in [2.24, 2.45) is 0 Å². The lowest BCUT2D eigenvalue weighted by Crippen LogP contribution is -2.34. The van der Waals surface area contributed by atoms with Crippen molar-refractivity contribution in [1.82, 2.24) is 57.1 Å². The van der Waals surface area contributed by atoms with Crippen LogP contribution in [0.3, 0.4) is 0 Å². The van der Waals surface area contributed by atoms with Gasteiger partial charge in [0.2, 0.25) is 0 Å². The molecule has 0 aliphatic rings. The third-order valence-electron chi connectivity index (χ3n) is 17.2. The number of nitrogens with zero attached hydrogens (tertiary/aromatic N) is 8. The maximum atomic E-state index is 12.8. The Kier molecular flexibility index (Phi) is 27.6. The molecule has 0 saturated carbocycles. The van der Waals surface area contributed by atoms with Gasteiger partial charge in [-0.15, -0.1) is 45.3 Å². The molecule has 0 bridgehead atoms. The van der Waals surface area contributed by atoms with E-state index in [1.165, 1.54) is 128 Å². The second-order valence-corrected chi connectivity index (χ2v) is 40.3. The van der Waals surface area contributed by atoms with Crippen molar-refractivity contribution < 1.29 is 57.6 Å². The molecule has 4 aromatic carbocycles. The zero-order valence-corrected chi connectivity index (χ0v) is 73.7. The van der Waals surface area contributed by atoms with Crippen molar-refractivity contribution in [3.05, 3.63) is 314 Å². The van der Waals surface area contributed by atoms with Gasteiger partial charge >= 0.3 is 24.1 Å². The molecule has 12 aromatic heterocycles. The SMILES string of the molecule is CNc1ccc2c(=O)n(-c3ccc(NC(=O)NS(=O)(=O)c4ccc(Cl)s4)cn3)ccc2c1.COc1ccc2c(=O)n(-c3ccc(NC(=O)NS(=O)(=O)c4ccc(Cl)s4)cn3)ccc2c1.O=C(Nc1ccc(-n2ccc3cc(Cl)ccc3c2=O)nc1)NS(=O)(=O)c1ccc(Cl)s1.O=C(Nc1ccc(-n2ccc3ccccc3c2=O)nc1)NS(=O)(=O)c1ccc(Cl)s1. The van der Waals surface area contributed by atoms with E-state index in [1.807, 2.05) is 43.2 Å². The molecular weight excluding hydrogens is 1880 g/mol. The highest BCUT2D eigenvalue weighted by Gasteiger charge is 2.25. The number of rotatable bonds is 18. The number of halogens is 5. The summed E-state index contributed by atoms with van der Waals surface area (Å²) in [6.07, 6.45) is 11.7. The van der Waals surface area contributed by atoms with Crippen LogP contribution in [-0.4, -0.2) is 110 Å². The van der Waals surface area contributed by atoms with Crippen LogP contribution >= 0.6 is 103 Å². The molecule has 0 saturated heterocycles. The number of ether oxygens (including phenoxy) is 1. The van der Waals surface area contributed by atoms with Gasteiger partial charge in [-0.1, -0.05) is 76.2 Å². The van der Waals surface area contributed by atoms with Crippen LogP contribution < -0.4 is 72.4 Å². The van der Waals surface area contributed by atoms with Crippen LogP contribution in [0.4, 0.5) is 47.6 Å². The van der Waals surface area contributed by atoms with Crippen LogP contribution in [0, 0.1) is 0 Å². The number of pyridine rings is 8. The molecule has 0 aliphatic heterocycles. The molecule has 125 heavy (non-hydrogen) atoms. The number of hydrogen-bond acceptors (Lipinski definition) is 26. The Balaban J connectivity index is 0.000000143. The highest BCUT2D eigenvalue weighted by atomic mass is 35.5. The first kappa shape index (κ1) is 89.8. The summed E-state index contributed by atoms with van der Waals surface area (Å²) in [6, 6.07) is 49.1. The molecule has 34 nitrogen and oxygen atoms in total. The standard InChI is InChI=1S/C20H16ClN5O4S2.C20H15ClN4O5S2.C19H12Cl2N4O4S2.C19H13ClN4O4S2/c1-22-13-2-4-15-12(10-13)8-9-26(19(15)27)17-6-3-14(11-23-17)24-20(28)25-32(29,30)18-7-5-16(21)31-18;1-30-14-3-4-15-12(10-14)8-9-25(19(15)26)17-6-2-13(11-22-17)23-20(27)24-32(28,29)18-7-5-16(21)31-18;20-12-1-3-14-11(9-12)7-8-25(18(14)26)16-5-2-13(10-22-16)23-19(27)24-31(28,29)17-6-4-15(21)30-17;20-15-6-8-17(29-15)30(27,28)23-19(26)22-13-5-7-16(21-11-13)24-10-9-12-3-1-2-4-14(12)18(24)25/h2-11,22H,1H3,(H2,24,25,28);2-11H,1H3,(H2,23,24,27);1-10H,(H2,23,24,27);1-11H,(H2,22,23,26). The minimum absolute atomic E-state index is 0.0770. The molecular formula is C78H56Cl5N17O17S8. The number of sulfonamides is 4. The highest BCUT2D eigenvalue weighted by molar-refractivity contribution is 7.93. The zero-order chi connectivity index (χ0) is 89.2. The van der Waals surface area contributed by atoms with E-state index in [1.54, 1.807) is 130 Å². The van der Waals surface area contributed by atoms with Crippen molar-refractivity contribution in [2.45, 2.75) is 16.8 Å². The minimum Gasteiger partial charge on any atom is -0.497 e. The average molecular weight is 1940 g/mol. The Morgan fingerprint density at radius 3 is 0.920 bits per heavy atom. The van der Waals surface area contributed by atoms with E-state index in [9.17, 15) is 72.0 Å². The van der Waals surface area contributed by atoms with Crippen molar-refractivity contribution in [1.29, 1.82) is 0 Å². The second kappa shape index (κ2) is 38.4. The van der Waals surface area contributed by atoms with E-state index in [0.29, 0.717) is 65.3 Å². The topological polar surface area (TPSA) is 462 Å². The Bertz CT molecular complexity index is 7410. The Morgan fingerprint density at radius 1 is 0.328 bits per heavy atom. The van der Waals surface area contributed by atoms with E-state index in [-0.39, 0.29) is 74.8 Å². The summed E-state index contributed by atoms with van der Waals surface area (Å²) in [4.78, 5) is 116. The van der Waals surface area contributed by atoms with Crippen molar-refractivity contribution in [3.8, 4) is 29.0 Å². The van der Waals surface area contributed by atoms with E-state index in [2.05, 4.69) is 46.5 Å². The summed E-state index contributed by atoms with van der Waals surface area (Å²) < 4.78 is 116. The number of fused-ring (bicyclic) bond motifs is 4. The van der Waals surface area contributed by atoms with Gasteiger partial charge in [-0.2, -0.15) is 0 Å². The molecule has 9 N–H and O–H groups in total. The fourth-order valence-electron chi connectivity index (χ4n) is 11.4. The number of carbonyl (C=O) groups excluding carboxylic acids is 4. The molecule has 0 unspecified atom stereocenters. The first-order valence-corrected chi connectivity index (χ1v) is 46.3. The number of benzene rings is 4. The van der Waals surface area contributed by atoms with Crippen LogP contribution in [0.5, 0.6) is 5.75 Å². The number of carbonyl (C=O) groups is 4. The van der Waals surface area contributed by atoms with E-state index in [4.69, 9.17) is 62.7 Å². The second-order valence-electron chi connectivity index (χ2n) is 25.4. The maximum absolute atomic E-state index is 12.8. The van der Waals surface area contributed by atoms with Gasteiger partial charge in [-0.05, 0) is 204 Å². The number of methoxy groups -OCH3 is 1. The Labute approximate surface area is 747 Å². The van der Waals surface area contributed by atoms with Gasteiger partial charge in [0.15, 0.2) is 0 Å². The summed E-state index contributed by atoms with van der Waals surface area (Å²) in [5.41, 5.74) is 0.869. The van der Waals surface area contributed by atoms with E-state index >= 15 is 0 Å². The summed E-state index contributed by atoms with van der Waals surface area (Å²) in [5.74, 6) is 2.01. The predicted octanol–water partition coefficient (Wildman–Crippen LogP) is 15.1. The lowest BCUT2D eigenvalue weighted by molar-refractivity contribution is 0.255. The van der Waals surface area contributed by atoms with Crippen LogP contribution in [0.25, 0.3) is 66.4 Å². The summed E-state index contributed by atoms with van der Waals surface area (Å²) in [5, 5.41) is 18.2. The number of aromatic nitrogens is 8. The minimum atomic E-state index is -4.04. The quantitative estimate of drug-likeness (QED) is 0.0385. The monoisotopic (exact) mass is 1930 g/mol. The van der Waals surface area contributed by atoms with Gasteiger partial charge in [0.1, 0.15) is 45.9 Å². The molecule has 638 valence electrons. The molecule has 8 amide bonds. The largest absolute Gasteiger partial charge is 0.497 e. The van der Waals surface area contributed by atoms with Crippen molar-refractivity contribution in [3.63, 3.8) is 0 Å². The van der Waals surface area contributed by atoms with Crippen molar-refractivity contribution >= 4 is 239 Å². The molecule has 16 rings (SSSR count). The number of amides is 8. The third kappa shape index (κ3) is 22.0. The first-order chi connectivity index (χ1) is 59.6. The molecule has 0 spiro atoms. The third-order valence-corrected chi connectivity index (χ3v) is 29.6. The summed E-state index contributed by atoms with van der Waals surface area (Å²) in [7, 11) is -12.8. The maximum Gasteiger partial charge on any atom is 0.333 e. The van der Waals surface area contributed by atoms with Gasteiger partial charge in [0.25, 0.3) is 62.3 Å². The molecule has 12 heterocycles. The molecule has 0 atom stereocenters. The number of hydrogen-bond donors (Lipinski definition) is 9. The van der Waals surface area contributed by atoms with Crippen molar-refractivity contribution in [2.75, 3.05) is 40.7 Å². The van der Waals surface area contributed by atoms with Crippen LogP contribution in [0.2, 0.25) is 22.4 Å². The van der Waals surface area contributed by atoms with E-state index in [0.717, 1.165) is 67.2 Å². The van der Waals surface area contributed by atoms with Gasteiger partial charge in [-0.25, -0.2) is 91.7 Å². The van der Waals surface area contributed by atoms with Crippen LogP contribution in [-0.2, 0) is 40.1 Å².